The summed E-state index contributed by atoms with van der Waals surface area (Å²) < 4.78 is 0. The normalized spacial score (nSPS) is 18.5. The van der Waals surface area contributed by atoms with Crippen LogP contribution in [0.4, 0.5) is 5.69 Å². The molecule has 0 bridgehead atoms. The number of benzene rings is 3. The number of anilines is 1. The van der Waals surface area contributed by atoms with Crippen LogP contribution >= 0.6 is 0 Å². The Morgan fingerprint density at radius 2 is 1.71 bits per heavy atom. The molecule has 1 atom stereocenters. The number of fused-ring (bicyclic) bond motifs is 1. The Balaban J connectivity index is 1.76. The van der Waals surface area contributed by atoms with Crippen LogP contribution in [-0.4, -0.2) is 11.6 Å². The fourth-order valence-corrected chi connectivity index (χ4v) is 4.58. The minimum Gasteiger partial charge on any atom is -0.271 e. The number of hydrazone groups is 1. The predicted octanol–water partition coefficient (Wildman–Crippen LogP) is 6.93. The number of nitrogens with zero attached hydrogens (tertiary/aromatic N) is 2. The standard InChI is InChI=1S/C28H30N2O/c1-4-5-12-21(2)19-28(20-24-15-11-14-23-13-9-10-18-26(23)24)22(3)29-30(27(28)31)25-16-7-6-8-17-25/h6-11,13-18H,2,4-5,12,19-20H2,1,3H3. The summed E-state index contributed by atoms with van der Waals surface area (Å²) in [5.41, 5.74) is 3.28. The summed E-state index contributed by atoms with van der Waals surface area (Å²) in [6.45, 7) is 8.53. The van der Waals surface area contributed by atoms with Gasteiger partial charge in [0.25, 0.3) is 5.91 Å². The maximum absolute atomic E-state index is 14.0. The molecule has 0 fully saturated rings. The van der Waals surface area contributed by atoms with Crippen molar-refractivity contribution in [1.29, 1.82) is 0 Å². The molecule has 0 aliphatic carbocycles. The highest BCUT2D eigenvalue weighted by Crippen LogP contribution is 2.42. The van der Waals surface area contributed by atoms with E-state index in [1.165, 1.54) is 16.3 Å². The van der Waals surface area contributed by atoms with E-state index in [4.69, 9.17) is 5.10 Å². The maximum Gasteiger partial charge on any atom is 0.260 e. The van der Waals surface area contributed by atoms with Crippen molar-refractivity contribution in [1.82, 2.24) is 0 Å². The summed E-state index contributed by atoms with van der Waals surface area (Å²) in [6.07, 6.45) is 4.41. The number of rotatable bonds is 8. The minimum atomic E-state index is -0.704. The van der Waals surface area contributed by atoms with E-state index < -0.39 is 5.41 Å². The molecule has 3 nitrogen and oxygen atoms in total. The topological polar surface area (TPSA) is 32.7 Å². The fourth-order valence-electron chi connectivity index (χ4n) is 4.58. The zero-order valence-corrected chi connectivity index (χ0v) is 18.5. The van der Waals surface area contributed by atoms with E-state index in [9.17, 15) is 4.79 Å². The molecule has 0 spiro atoms. The molecule has 0 aromatic heterocycles. The predicted molar refractivity (Wildman–Crippen MR) is 130 cm³/mol. The van der Waals surface area contributed by atoms with Crippen LogP contribution in [0.1, 0.15) is 45.1 Å². The number of para-hydroxylation sites is 1. The molecule has 31 heavy (non-hydrogen) atoms. The van der Waals surface area contributed by atoms with Crippen molar-refractivity contribution in [3.63, 3.8) is 0 Å². The molecule has 0 radical (unpaired) electrons. The second kappa shape index (κ2) is 8.89. The first-order chi connectivity index (χ1) is 15.0. The third-order valence-electron chi connectivity index (χ3n) is 6.35. The highest BCUT2D eigenvalue weighted by atomic mass is 16.2. The van der Waals surface area contributed by atoms with Gasteiger partial charge in [-0.2, -0.15) is 10.1 Å². The molecule has 1 amide bonds. The first-order valence-corrected chi connectivity index (χ1v) is 11.1. The summed E-state index contributed by atoms with van der Waals surface area (Å²) in [6, 6.07) is 24.5. The van der Waals surface area contributed by atoms with Crippen molar-refractivity contribution < 1.29 is 4.79 Å². The molecule has 0 saturated heterocycles. The molecule has 1 heterocycles. The van der Waals surface area contributed by atoms with Crippen LogP contribution in [0.15, 0.2) is 90.0 Å². The SMILES string of the molecule is C=C(CCCC)CC1(Cc2cccc3ccccc23)C(=O)N(c2ccccc2)N=C1C. The van der Waals surface area contributed by atoms with E-state index in [0.717, 1.165) is 36.2 Å². The molecule has 1 aliphatic rings. The molecule has 1 aliphatic heterocycles. The summed E-state index contributed by atoms with van der Waals surface area (Å²) in [4.78, 5) is 14.0. The monoisotopic (exact) mass is 410 g/mol. The van der Waals surface area contributed by atoms with Gasteiger partial charge in [-0.25, -0.2) is 0 Å². The summed E-state index contributed by atoms with van der Waals surface area (Å²) in [5, 5.41) is 8.74. The van der Waals surface area contributed by atoms with Crippen molar-refractivity contribution in [2.24, 2.45) is 10.5 Å². The number of hydrogen-bond donors (Lipinski definition) is 0. The number of allylic oxidation sites excluding steroid dienone is 1. The van der Waals surface area contributed by atoms with E-state index in [-0.39, 0.29) is 5.91 Å². The van der Waals surface area contributed by atoms with Crippen LogP contribution in [0.5, 0.6) is 0 Å². The Morgan fingerprint density at radius 1 is 1.00 bits per heavy atom. The van der Waals surface area contributed by atoms with Gasteiger partial charge in [0.05, 0.1) is 16.8 Å². The summed E-state index contributed by atoms with van der Waals surface area (Å²) in [5.74, 6) is 0.0433. The van der Waals surface area contributed by atoms with Gasteiger partial charge in [-0.05, 0) is 61.1 Å². The molecule has 0 N–H and O–H groups in total. The smallest absolute Gasteiger partial charge is 0.260 e. The average molecular weight is 411 g/mol. The Labute approximate surface area is 185 Å². The third-order valence-corrected chi connectivity index (χ3v) is 6.35. The van der Waals surface area contributed by atoms with Crippen LogP contribution in [0.3, 0.4) is 0 Å². The lowest BCUT2D eigenvalue weighted by Gasteiger charge is -2.30. The molecular weight excluding hydrogens is 380 g/mol. The highest BCUT2D eigenvalue weighted by Gasteiger charge is 2.49. The number of unbranched alkanes of at least 4 members (excludes halogenated alkanes) is 1. The van der Waals surface area contributed by atoms with Gasteiger partial charge in [0, 0.05) is 0 Å². The number of hydrogen-bond acceptors (Lipinski definition) is 2. The zero-order chi connectivity index (χ0) is 21.8. The van der Waals surface area contributed by atoms with E-state index in [1.807, 2.05) is 37.3 Å². The van der Waals surface area contributed by atoms with Gasteiger partial charge in [-0.1, -0.05) is 86.2 Å². The molecule has 3 heteroatoms. The van der Waals surface area contributed by atoms with Crippen molar-refractivity contribution in [2.75, 3.05) is 5.01 Å². The number of carbonyl (C=O) groups is 1. The Hall–Kier alpha value is -3.20. The molecule has 158 valence electrons. The highest BCUT2D eigenvalue weighted by molar-refractivity contribution is 6.19. The van der Waals surface area contributed by atoms with Gasteiger partial charge < -0.3 is 0 Å². The van der Waals surface area contributed by atoms with Crippen LogP contribution < -0.4 is 5.01 Å². The number of amides is 1. The van der Waals surface area contributed by atoms with Crippen LogP contribution in [-0.2, 0) is 11.2 Å². The summed E-state index contributed by atoms with van der Waals surface area (Å²) in [7, 11) is 0. The second-order valence-electron chi connectivity index (χ2n) is 8.57. The Kier molecular flexibility index (Phi) is 6.03. The zero-order valence-electron chi connectivity index (χ0n) is 18.5. The molecule has 3 aromatic carbocycles. The molecule has 3 aromatic rings. The Bertz CT molecular complexity index is 1130. The average Bonchev–Trinajstić information content (AvgIpc) is 3.03. The lowest BCUT2D eigenvalue weighted by atomic mass is 9.72. The molecule has 4 rings (SSSR count). The molecule has 0 saturated carbocycles. The summed E-state index contributed by atoms with van der Waals surface area (Å²) >= 11 is 0. The van der Waals surface area contributed by atoms with Gasteiger partial charge in [-0.3, -0.25) is 4.79 Å². The van der Waals surface area contributed by atoms with Crippen molar-refractivity contribution in [2.45, 2.75) is 46.0 Å². The molecular formula is C28H30N2O. The van der Waals surface area contributed by atoms with Crippen molar-refractivity contribution in [3.8, 4) is 0 Å². The maximum atomic E-state index is 14.0. The van der Waals surface area contributed by atoms with E-state index in [0.29, 0.717) is 12.8 Å². The van der Waals surface area contributed by atoms with Gasteiger partial charge in [-0.15, -0.1) is 0 Å². The third kappa shape index (κ3) is 4.05. The first kappa shape index (κ1) is 21.0. The Morgan fingerprint density at radius 3 is 2.48 bits per heavy atom. The van der Waals surface area contributed by atoms with Crippen molar-refractivity contribution >= 4 is 28.1 Å². The van der Waals surface area contributed by atoms with Gasteiger partial charge in [0.15, 0.2) is 0 Å². The lowest BCUT2D eigenvalue weighted by molar-refractivity contribution is -0.123. The van der Waals surface area contributed by atoms with Crippen molar-refractivity contribution in [3.05, 3.63) is 90.5 Å². The van der Waals surface area contributed by atoms with Gasteiger partial charge in [0.1, 0.15) is 0 Å². The van der Waals surface area contributed by atoms with Crippen LogP contribution in [0, 0.1) is 5.41 Å². The van der Waals surface area contributed by atoms with Crippen LogP contribution in [0.25, 0.3) is 10.8 Å². The van der Waals surface area contributed by atoms with E-state index in [1.54, 1.807) is 5.01 Å². The van der Waals surface area contributed by atoms with Gasteiger partial charge in [0.2, 0.25) is 0 Å². The molecule has 1 unspecified atom stereocenters. The fraction of sp³-hybridized carbons (Fsp3) is 0.286. The minimum absolute atomic E-state index is 0.0433. The largest absolute Gasteiger partial charge is 0.271 e. The number of carbonyl (C=O) groups excluding carboxylic acids is 1. The first-order valence-electron chi connectivity index (χ1n) is 11.1. The van der Waals surface area contributed by atoms with E-state index in [2.05, 4.69) is 56.0 Å². The van der Waals surface area contributed by atoms with E-state index >= 15 is 0 Å². The second-order valence-corrected chi connectivity index (χ2v) is 8.57. The quantitative estimate of drug-likeness (QED) is 0.371. The van der Waals surface area contributed by atoms with Gasteiger partial charge >= 0.3 is 0 Å². The lowest BCUT2D eigenvalue weighted by Crippen LogP contribution is -2.41. The van der Waals surface area contributed by atoms with Crippen LogP contribution in [0.2, 0.25) is 0 Å².